The Hall–Kier alpha value is -1.16. The van der Waals surface area contributed by atoms with Gasteiger partial charge in [0.05, 0.1) is 6.61 Å². The average Bonchev–Trinajstić information content (AvgIpc) is 2.29. The van der Waals surface area contributed by atoms with Gasteiger partial charge in [-0.3, -0.25) is 0 Å². The minimum Gasteiger partial charge on any atom is -0.392 e. The normalized spacial score (nSPS) is 25.8. The zero-order chi connectivity index (χ0) is 11.5. The molecule has 2 unspecified atom stereocenters. The van der Waals surface area contributed by atoms with Crippen molar-refractivity contribution >= 4 is 5.95 Å². The molecule has 0 bridgehead atoms. The summed E-state index contributed by atoms with van der Waals surface area (Å²) in [4.78, 5) is 10.9. The number of piperidine rings is 1. The monoisotopic (exact) mass is 221 g/mol. The highest BCUT2D eigenvalue weighted by atomic mass is 16.3. The summed E-state index contributed by atoms with van der Waals surface area (Å²) in [5.41, 5.74) is 0.766. The quantitative estimate of drug-likeness (QED) is 0.824. The first kappa shape index (κ1) is 11.3. The van der Waals surface area contributed by atoms with Crippen LogP contribution in [0.5, 0.6) is 0 Å². The van der Waals surface area contributed by atoms with Crippen molar-refractivity contribution in [1.82, 2.24) is 9.97 Å². The molecule has 1 fully saturated rings. The summed E-state index contributed by atoms with van der Waals surface area (Å²) in [6.07, 6.45) is 5.81. The molecule has 0 saturated carbocycles. The van der Waals surface area contributed by atoms with Gasteiger partial charge in [-0.2, -0.15) is 0 Å². The van der Waals surface area contributed by atoms with Gasteiger partial charge in [-0.15, -0.1) is 0 Å². The van der Waals surface area contributed by atoms with Crippen molar-refractivity contribution in [2.45, 2.75) is 39.3 Å². The maximum absolute atomic E-state index is 8.93. The van der Waals surface area contributed by atoms with Crippen LogP contribution in [0.2, 0.25) is 0 Å². The molecule has 2 atom stereocenters. The summed E-state index contributed by atoms with van der Waals surface area (Å²) < 4.78 is 0. The Kier molecular flexibility index (Phi) is 3.39. The van der Waals surface area contributed by atoms with E-state index in [0.29, 0.717) is 6.04 Å². The zero-order valence-electron chi connectivity index (χ0n) is 9.93. The van der Waals surface area contributed by atoms with Crippen LogP contribution in [-0.4, -0.2) is 27.7 Å². The van der Waals surface area contributed by atoms with E-state index < -0.39 is 0 Å². The smallest absolute Gasteiger partial charge is 0.225 e. The second-order valence-corrected chi connectivity index (χ2v) is 4.72. The maximum Gasteiger partial charge on any atom is 0.225 e. The minimum absolute atomic E-state index is 0.00681. The van der Waals surface area contributed by atoms with Crippen LogP contribution in [0.25, 0.3) is 0 Å². The number of aromatic nitrogens is 2. The van der Waals surface area contributed by atoms with Gasteiger partial charge in [0, 0.05) is 30.5 Å². The third-order valence-electron chi connectivity index (χ3n) is 3.27. The second-order valence-electron chi connectivity index (χ2n) is 4.72. The minimum atomic E-state index is 0.00681. The van der Waals surface area contributed by atoms with Crippen molar-refractivity contribution in [2.24, 2.45) is 5.92 Å². The van der Waals surface area contributed by atoms with Gasteiger partial charge in [-0.1, -0.05) is 6.92 Å². The summed E-state index contributed by atoms with van der Waals surface area (Å²) in [6.45, 7) is 5.55. The van der Waals surface area contributed by atoms with Gasteiger partial charge in [-0.05, 0) is 25.7 Å². The summed E-state index contributed by atoms with van der Waals surface area (Å²) in [5, 5.41) is 8.93. The van der Waals surface area contributed by atoms with Gasteiger partial charge in [0.15, 0.2) is 0 Å². The van der Waals surface area contributed by atoms with E-state index in [1.54, 1.807) is 12.4 Å². The van der Waals surface area contributed by atoms with E-state index in [2.05, 4.69) is 28.7 Å². The molecule has 16 heavy (non-hydrogen) atoms. The van der Waals surface area contributed by atoms with Crippen LogP contribution in [0.4, 0.5) is 5.95 Å². The highest BCUT2D eigenvalue weighted by molar-refractivity contribution is 5.32. The highest BCUT2D eigenvalue weighted by Crippen LogP contribution is 2.24. The van der Waals surface area contributed by atoms with Crippen LogP contribution >= 0.6 is 0 Å². The zero-order valence-corrected chi connectivity index (χ0v) is 9.93. The second kappa shape index (κ2) is 4.78. The first-order valence-corrected chi connectivity index (χ1v) is 5.89. The first-order chi connectivity index (χ1) is 7.70. The summed E-state index contributed by atoms with van der Waals surface area (Å²) in [5.74, 6) is 1.58. The lowest BCUT2D eigenvalue weighted by Gasteiger charge is -2.36. The van der Waals surface area contributed by atoms with Crippen molar-refractivity contribution in [3.8, 4) is 0 Å². The van der Waals surface area contributed by atoms with E-state index in [-0.39, 0.29) is 6.61 Å². The third-order valence-corrected chi connectivity index (χ3v) is 3.27. The van der Waals surface area contributed by atoms with Crippen LogP contribution in [0.15, 0.2) is 12.4 Å². The lowest BCUT2D eigenvalue weighted by molar-refractivity contribution is 0.281. The van der Waals surface area contributed by atoms with Crippen LogP contribution in [-0.2, 0) is 6.61 Å². The van der Waals surface area contributed by atoms with E-state index in [9.17, 15) is 0 Å². The Morgan fingerprint density at radius 1 is 1.38 bits per heavy atom. The summed E-state index contributed by atoms with van der Waals surface area (Å²) in [7, 11) is 0. The van der Waals surface area contributed by atoms with E-state index in [0.717, 1.165) is 24.0 Å². The lowest BCUT2D eigenvalue weighted by atomic mass is 9.94. The highest BCUT2D eigenvalue weighted by Gasteiger charge is 2.24. The predicted molar refractivity (Wildman–Crippen MR) is 63.2 cm³/mol. The largest absolute Gasteiger partial charge is 0.392 e. The molecule has 4 heteroatoms. The number of anilines is 1. The Labute approximate surface area is 96.3 Å². The van der Waals surface area contributed by atoms with E-state index in [1.165, 1.54) is 12.8 Å². The molecule has 1 aromatic rings. The molecule has 0 aliphatic carbocycles. The molecule has 2 heterocycles. The van der Waals surface area contributed by atoms with E-state index in [4.69, 9.17) is 5.11 Å². The molecule has 1 saturated heterocycles. The topological polar surface area (TPSA) is 49.2 Å². The van der Waals surface area contributed by atoms with E-state index in [1.807, 2.05) is 0 Å². The summed E-state index contributed by atoms with van der Waals surface area (Å²) in [6, 6.07) is 0.503. The Bertz CT molecular complexity index is 339. The molecular formula is C12H19N3O. The van der Waals surface area contributed by atoms with Crippen LogP contribution in [0.1, 0.15) is 32.3 Å². The van der Waals surface area contributed by atoms with Crippen molar-refractivity contribution in [3.05, 3.63) is 18.0 Å². The number of aliphatic hydroxyl groups excluding tert-OH is 1. The maximum atomic E-state index is 8.93. The molecule has 0 radical (unpaired) electrons. The van der Waals surface area contributed by atoms with Gasteiger partial charge in [0.2, 0.25) is 5.95 Å². The van der Waals surface area contributed by atoms with Crippen LogP contribution in [0.3, 0.4) is 0 Å². The van der Waals surface area contributed by atoms with Crippen LogP contribution in [0, 0.1) is 5.92 Å². The predicted octanol–water partition coefficient (Wildman–Crippen LogP) is 1.59. The average molecular weight is 221 g/mol. The number of hydrogen-bond donors (Lipinski definition) is 1. The number of rotatable bonds is 2. The van der Waals surface area contributed by atoms with Gasteiger partial charge >= 0.3 is 0 Å². The molecule has 0 spiro atoms. The molecule has 1 aliphatic rings. The molecule has 0 amide bonds. The van der Waals surface area contributed by atoms with Crippen molar-refractivity contribution in [1.29, 1.82) is 0 Å². The molecule has 4 nitrogen and oxygen atoms in total. The van der Waals surface area contributed by atoms with Gasteiger partial charge in [-0.25, -0.2) is 9.97 Å². The molecule has 1 aliphatic heterocycles. The lowest BCUT2D eigenvalue weighted by Crippen LogP contribution is -2.41. The standard InChI is InChI=1S/C12H19N3O/c1-9-3-4-15(10(2)5-9)12-13-6-11(8-16)7-14-12/h6-7,9-10,16H,3-5,8H2,1-2H3. The van der Waals surface area contributed by atoms with Crippen molar-refractivity contribution < 1.29 is 5.11 Å². The Morgan fingerprint density at radius 2 is 2.06 bits per heavy atom. The number of nitrogens with zero attached hydrogens (tertiary/aromatic N) is 3. The fourth-order valence-electron chi connectivity index (χ4n) is 2.28. The molecule has 1 N–H and O–H groups in total. The Balaban J connectivity index is 2.11. The first-order valence-electron chi connectivity index (χ1n) is 5.89. The van der Waals surface area contributed by atoms with E-state index >= 15 is 0 Å². The molecule has 1 aromatic heterocycles. The fourth-order valence-corrected chi connectivity index (χ4v) is 2.28. The fraction of sp³-hybridized carbons (Fsp3) is 0.667. The third kappa shape index (κ3) is 2.32. The Morgan fingerprint density at radius 3 is 2.62 bits per heavy atom. The number of aliphatic hydroxyl groups is 1. The molecule has 88 valence electrons. The van der Waals surface area contributed by atoms with Crippen LogP contribution < -0.4 is 4.90 Å². The molecular weight excluding hydrogens is 202 g/mol. The van der Waals surface area contributed by atoms with Gasteiger partial charge in [0.1, 0.15) is 0 Å². The molecule has 2 rings (SSSR count). The molecule has 0 aromatic carbocycles. The van der Waals surface area contributed by atoms with Gasteiger partial charge < -0.3 is 10.0 Å². The number of hydrogen-bond acceptors (Lipinski definition) is 4. The van der Waals surface area contributed by atoms with Crippen molar-refractivity contribution in [2.75, 3.05) is 11.4 Å². The summed E-state index contributed by atoms with van der Waals surface area (Å²) >= 11 is 0. The van der Waals surface area contributed by atoms with Gasteiger partial charge in [0.25, 0.3) is 0 Å². The SMILES string of the molecule is CC1CCN(c2ncc(CO)cn2)C(C)C1. The van der Waals surface area contributed by atoms with Crippen molar-refractivity contribution in [3.63, 3.8) is 0 Å².